The summed E-state index contributed by atoms with van der Waals surface area (Å²) in [5, 5.41) is 10.2. The van der Waals surface area contributed by atoms with E-state index in [0.29, 0.717) is 37.4 Å². The number of aromatic nitrogens is 1. The number of fused-ring (bicyclic) bond motifs is 1. The van der Waals surface area contributed by atoms with Crippen LogP contribution in [0.15, 0.2) is 79.0 Å². The molecule has 4 aromatic rings. The summed E-state index contributed by atoms with van der Waals surface area (Å²) in [5.74, 6) is -0.146. The lowest BCUT2D eigenvalue weighted by atomic mass is 10.00. The fraction of sp³-hybridized carbons (Fsp3) is 0.344. The molecule has 41 heavy (non-hydrogen) atoms. The zero-order chi connectivity index (χ0) is 29.8. The zero-order valence-corrected chi connectivity index (χ0v) is 24.0. The number of carboxylic acid groups (broad SMARTS) is 1. The summed E-state index contributed by atoms with van der Waals surface area (Å²) in [6.07, 6.45) is -2.16. The molecule has 1 aromatic heterocycles. The molecule has 1 heterocycles. The minimum Gasteiger partial charge on any atom is -0.493 e. The van der Waals surface area contributed by atoms with Crippen LogP contribution in [0.25, 0.3) is 10.9 Å². The smallest absolute Gasteiger partial charge is 0.417 e. The number of halogens is 4. The Morgan fingerprint density at radius 3 is 2.41 bits per heavy atom. The molecule has 0 amide bonds. The summed E-state index contributed by atoms with van der Waals surface area (Å²) < 4.78 is 48.3. The van der Waals surface area contributed by atoms with E-state index in [4.69, 9.17) is 16.3 Å². The van der Waals surface area contributed by atoms with Crippen molar-refractivity contribution in [2.45, 2.75) is 51.4 Å². The highest BCUT2D eigenvalue weighted by Crippen LogP contribution is 2.37. The first-order valence-corrected chi connectivity index (χ1v) is 13.9. The quantitative estimate of drug-likeness (QED) is 0.170. The van der Waals surface area contributed by atoms with Gasteiger partial charge in [-0.2, -0.15) is 13.2 Å². The Morgan fingerprint density at radius 2 is 1.73 bits per heavy atom. The van der Waals surface area contributed by atoms with Crippen molar-refractivity contribution in [3.63, 3.8) is 0 Å². The van der Waals surface area contributed by atoms with E-state index in [-0.39, 0.29) is 17.5 Å². The summed E-state index contributed by atoms with van der Waals surface area (Å²) in [5.41, 5.74) is 0.370. The van der Waals surface area contributed by atoms with Gasteiger partial charge >= 0.3 is 12.1 Å². The summed E-state index contributed by atoms with van der Waals surface area (Å²) in [4.78, 5) is 13.9. The lowest BCUT2D eigenvalue weighted by Gasteiger charge is -2.27. The van der Waals surface area contributed by atoms with Gasteiger partial charge in [0.05, 0.1) is 22.7 Å². The van der Waals surface area contributed by atoms with E-state index >= 15 is 0 Å². The van der Waals surface area contributed by atoms with Gasteiger partial charge in [-0.05, 0) is 61.6 Å². The van der Waals surface area contributed by atoms with Crippen LogP contribution in [-0.2, 0) is 23.1 Å². The molecule has 9 heteroatoms. The normalized spacial score (nSPS) is 13.1. The molecule has 0 bridgehead atoms. The lowest BCUT2D eigenvalue weighted by molar-refractivity contribution is -0.145. The minimum absolute atomic E-state index is 0.146. The first-order chi connectivity index (χ1) is 19.4. The van der Waals surface area contributed by atoms with Gasteiger partial charge in [-0.15, -0.1) is 0 Å². The zero-order valence-electron chi connectivity index (χ0n) is 23.3. The van der Waals surface area contributed by atoms with E-state index in [1.807, 2.05) is 54.6 Å². The maximum Gasteiger partial charge on any atom is 0.417 e. The number of alkyl halides is 3. The van der Waals surface area contributed by atoms with E-state index in [0.717, 1.165) is 22.5 Å². The standard InChI is InChI=1S/C32H34ClF3N2O3/c1-22(23-10-5-4-6-11-23)20-37(21-24-12-7-13-26(29(24)33)32(34,35)36)17-9-19-41-28-15-8-14-27-25(28)16-18-38(27)31(2,3)30(39)40/h4-8,10-16,18,22H,9,17,19-21H2,1-3H3,(H,39,40)/t22-/m0/s1. The highest BCUT2D eigenvalue weighted by Gasteiger charge is 2.34. The molecule has 1 N–H and O–H groups in total. The van der Waals surface area contributed by atoms with Crippen molar-refractivity contribution < 1.29 is 27.8 Å². The Kier molecular flexibility index (Phi) is 9.34. The topological polar surface area (TPSA) is 54.7 Å². The average molecular weight is 587 g/mol. The molecular weight excluding hydrogens is 553 g/mol. The Bertz CT molecular complexity index is 1480. The van der Waals surface area contributed by atoms with Gasteiger partial charge in [-0.3, -0.25) is 4.90 Å². The highest BCUT2D eigenvalue weighted by atomic mass is 35.5. The minimum atomic E-state index is -4.53. The molecular formula is C32H34ClF3N2O3. The van der Waals surface area contributed by atoms with Gasteiger partial charge < -0.3 is 14.4 Å². The van der Waals surface area contributed by atoms with Crippen LogP contribution in [0.3, 0.4) is 0 Å². The van der Waals surface area contributed by atoms with Crippen LogP contribution in [-0.4, -0.2) is 40.2 Å². The first kappa shape index (κ1) is 30.5. The van der Waals surface area contributed by atoms with Gasteiger partial charge in [0.25, 0.3) is 0 Å². The predicted molar refractivity (Wildman–Crippen MR) is 156 cm³/mol. The van der Waals surface area contributed by atoms with Crippen molar-refractivity contribution in [2.24, 2.45) is 0 Å². The third-order valence-corrected chi connectivity index (χ3v) is 7.82. The molecule has 1 atom stereocenters. The maximum atomic E-state index is 13.5. The molecule has 0 saturated heterocycles. The van der Waals surface area contributed by atoms with E-state index in [9.17, 15) is 23.1 Å². The lowest BCUT2D eigenvalue weighted by Crippen LogP contribution is -2.34. The van der Waals surface area contributed by atoms with Crippen LogP contribution in [0.4, 0.5) is 13.2 Å². The van der Waals surface area contributed by atoms with Crippen LogP contribution in [0.5, 0.6) is 5.75 Å². The van der Waals surface area contributed by atoms with Gasteiger partial charge in [0, 0.05) is 31.2 Å². The Balaban J connectivity index is 1.48. The second-order valence-electron chi connectivity index (χ2n) is 10.8. The molecule has 3 aromatic carbocycles. The van der Waals surface area contributed by atoms with Crippen molar-refractivity contribution in [2.75, 3.05) is 19.7 Å². The monoisotopic (exact) mass is 586 g/mol. The fourth-order valence-electron chi connectivity index (χ4n) is 5.00. The molecule has 0 spiro atoms. The number of nitrogens with zero attached hydrogens (tertiary/aromatic N) is 2. The van der Waals surface area contributed by atoms with E-state index in [2.05, 4.69) is 11.8 Å². The summed E-state index contributed by atoms with van der Waals surface area (Å²) >= 11 is 6.23. The third kappa shape index (κ3) is 7.05. The van der Waals surface area contributed by atoms with Crippen molar-refractivity contribution in [3.05, 3.63) is 101 Å². The Morgan fingerprint density at radius 1 is 1.02 bits per heavy atom. The van der Waals surface area contributed by atoms with E-state index < -0.39 is 23.2 Å². The van der Waals surface area contributed by atoms with E-state index in [1.54, 1.807) is 30.7 Å². The van der Waals surface area contributed by atoms with Crippen LogP contribution in [0.2, 0.25) is 5.02 Å². The maximum absolute atomic E-state index is 13.5. The van der Waals surface area contributed by atoms with Crippen LogP contribution < -0.4 is 4.74 Å². The predicted octanol–water partition coefficient (Wildman–Crippen LogP) is 8.21. The summed E-state index contributed by atoms with van der Waals surface area (Å²) in [6, 6.07) is 21.4. The average Bonchev–Trinajstić information content (AvgIpc) is 3.37. The Labute approximate surface area is 243 Å². The van der Waals surface area contributed by atoms with Crippen molar-refractivity contribution >= 4 is 28.5 Å². The van der Waals surface area contributed by atoms with Gasteiger partial charge in [-0.25, -0.2) is 4.79 Å². The van der Waals surface area contributed by atoms with Crippen molar-refractivity contribution in [1.29, 1.82) is 0 Å². The van der Waals surface area contributed by atoms with Gasteiger partial charge in [-0.1, -0.05) is 67.1 Å². The fourth-order valence-corrected chi connectivity index (χ4v) is 5.29. The van der Waals surface area contributed by atoms with Crippen molar-refractivity contribution in [3.8, 4) is 5.75 Å². The van der Waals surface area contributed by atoms with Gasteiger partial charge in [0.2, 0.25) is 0 Å². The molecule has 0 aliphatic heterocycles. The molecule has 218 valence electrons. The molecule has 0 unspecified atom stereocenters. The van der Waals surface area contributed by atoms with Crippen molar-refractivity contribution in [1.82, 2.24) is 9.47 Å². The molecule has 0 fully saturated rings. The number of rotatable bonds is 12. The molecule has 5 nitrogen and oxygen atoms in total. The van der Waals surface area contributed by atoms with Crippen LogP contribution in [0.1, 0.15) is 49.8 Å². The number of carboxylic acids is 1. The molecule has 0 aliphatic carbocycles. The third-order valence-electron chi connectivity index (χ3n) is 7.37. The number of hydrogen-bond donors (Lipinski definition) is 1. The number of aliphatic carboxylic acids is 1. The van der Waals surface area contributed by atoms with Crippen LogP contribution >= 0.6 is 11.6 Å². The molecule has 0 radical (unpaired) electrons. The number of ether oxygens (including phenoxy) is 1. The summed E-state index contributed by atoms with van der Waals surface area (Å²) in [6.45, 7) is 7.22. The largest absolute Gasteiger partial charge is 0.493 e. The van der Waals surface area contributed by atoms with Crippen LogP contribution in [0, 0.1) is 0 Å². The number of hydrogen-bond acceptors (Lipinski definition) is 3. The number of carbonyl (C=O) groups is 1. The second-order valence-corrected chi connectivity index (χ2v) is 11.1. The molecule has 0 aliphatic rings. The second kappa shape index (κ2) is 12.6. The SMILES string of the molecule is C[C@@H](CN(CCCOc1cccc2c1ccn2C(C)(C)C(=O)O)Cc1cccc(C(F)(F)F)c1Cl)c1ccccc1. The molecule has 4 rings (SSSR count). The van der Waals surface area contributed by atoms with E-state index in [1.165, 1.54) is 6.07 Å². The first-order valence-electron chi connectivity index (χ1n) is 13.5. The summed E-state index contributed by atoms with van der Waals surface area (Å²) in [7, 11) is 0. The molecule has 0 saturated carbocycles. The highest BCUT2D eigenvalue weighted by molar-refractivity contribution is 6.32. The van der Waals surface area contributed by atoms with Gasteiger partial charge in [0.15, 0.2) is 0 Å². The Hall–Kier alpha value is -3.49. The van der Waals surface area contributed by atoms with Gasteiger partial charge in [0.1, 0.15) is 11.3 Å². The number of benzene rings is 3.